The molecule has 0 spiro atoms. The molecule has 1 saturated carbocycles. The van der Waals surface area contributed by atoms with Crippen LogP contribution in [0.4, 0.5) is 0 Å². The molecule has 5 nitrogen and oxygen atoms in total. The average Bonchev–Trinajstić information content (AvgIpc) is 2.97. The predicted molar refractivity (Wildman–Crippen MR) is 78.0 cm³/mol. The van der Waals surface area contributed by atoms with Crippen LogP contribution >= 0.6 is 0 Å². The summed E-state index contributed by atoms with van der Waals surface area (Å²) in [7, 11) is 1.60. The fourth-order valence-electron chi connectivity index (χ4n) is 2.88. The van der Waals surface area contributed by atoms with Crippen LogP contribution in [-0.2, 0) is 9.59 Å². The van der Waals surface area contributed by atoms with Crippen molar-refractivity contribution in [3.63, 3.8) is 0 Å². The molecule has 0 radical (unpaired) electrons. The average molecular weight is 291 g/mol. The smallest absolute Gasteiger partial charge is 0.306 e. The van der Waals surface area contributed by atoms with Crippen LogP contribution in [0.2, 0.25) is 0 Å². The number of nitrogens with one attached hydrogen (secondary N) is 1. The van der Waals surface area contributed by atoms with Crippen molar-refractivity contribution in [1.29, 1.82) is 0 Å². The molecule has 1 aromatic rings. The zero-order valence-electron chi connectivity index (χ0n) is 12.3. The number of rotatable bonds is 5. The molecule has 2 rings (SSSR count). The number of carbonyl (C=O) groups excluding carboxylic acids is 1. The molecule has 0 bridgehead atoms. The van der Waals surface area contributed by atoms with Crippen LogP contribution in [0.3, 0.4) is 0 Å². The number of amides is 1. The number of aliphatic carboxylic acids is 1. The number of carboxylic acids is 1. The molecule has 1 aliphatic carbocycles. The Morgan fingerprint density at radius 2 is 1.95 bits per heavy atom. The topological polar surface area (TPSA) is 75.6 Å². The highest BCUT2D eigenvalue weighted by molar-refractivity contribution is 5.81. The van der Waals surface area contributed by atoms with Gasteiger partial charge in [-0.05, 0) is 32.3 Å². The van der Waals surface area contributed by atoms with Gasteiger partial charge in [0.15, 0.2) is 0 Å². The summed E-state index contributed by atoms with van der Waals surface area (Å²) in [5.41, 5.74) is 0.918. The van der Waals surface area contributed by atoms with Crippen molar-refractivity contribution in [3.05, 3.63) is 29.8 Å². The summed E-state index contributed by atoms with van der Waals surface area (Å²) in [5, 5.41) is 12.0. The van der Waals surface area contributed by atoms with Gasteiger partial charge in [-0.2, -0.15) is 0 Å². The zero-order chi connectivity index (χ0) is 15.4. The molecule has 21 heavy (non-hydrogen) atoms. The van der Waals surface area contributed by atoms with Crippen molar-refractivity contribution >= 4 is 11.9 Å². The van der Waals surface area contributed by atoms with Gasteiger partial charge in [0, 0.05) is 11.5 Å². The van der Waals surface area contributed by atoms with E-state index >= 15 is 0 Å². The molecule has 0 aliphatic heterocycles. The highest BCUT2D eigenvalue weighted by Crippen LogP contribution is 2.32. The minimum atomic E-state index is -0.803. The third-order valence-corrected chi connectivity index (χ3v) is 4.12. The summed E-state index contributed by atoms with van der Waals surface area (Å²) < 4.78 is 5.29. The van der Waals surface area contributed by atoms with E-state index in [-0.39, 0.29) is 23.8 Å². The van der Waals surface area contributed by atoms with Crippen LogP contribution in [0.1, 0.15) is 37.8 Å². The van der Waals surface area contributed by atoms with E-state index < -0.39 is 5.97 Å². The van der Waals surface area contributed by atoms with Crippen LogP contribution < -0.4 is 10.1 Å². The van der Waals surface area contributed by atoms with E-state index in [4.69, 9.17) is 9.84 Å². The third kappa shape index (κ3) is 3.54. The fraction of sp³-hybridized carbons (Fsp3) is 0.500. The summed E-state index contributed by atoms with van der Waals surface area (Å²) in [4.78, 5) is 23.2. The highest BCUT2D eigenvalue weighted by Gasteiger charge is 2.34. The van der Waals surface area contributed by atoms with Crippen LogP contribution in [0.15, 0.2) is 24.3 Å². The van der Waals surface area contributed by atoms with E-state index in [2.05, 4.69) is 5.32 Å². The third-order valence-electron chi connectivity index (χ3n) is 4.12. The Hall–Kier alpha value is -2.04. The lowest BCUT2D eigenvalue weighted by Crippen LogP contribution is -2.32. The van der Waals surface area contributed by atoms with Crippen molar-refractivity contribution in [3.8, 4) is 5.75 Å². The molecular weight excluding hydrogens is 270 g/mol. The molecule has 3 atom stereocenters. The second-order valence-electron chi connectivity index (χ2n) is 5.52. The Morgan fingerprint density at radius 1 is 1.29 bits per heavy atom. The molecule has 1 amide bonds. The van der Waals surface area contributed by atoms with Crippen LogP contribution in [-0.4, -0.2) is 24.1 Å². The lowest BCUT2D eigenvalue weighted by molar-refractivity contribution is -0.141. The van der Waals surface area contributed by atoms with Crippen LogP contribution in [0.5, 0.6) is 5.75 Å². The largest absolute Gasteiger partial charge is 0.496 e. The summed E-state index contributed by atoms with van der Waals surface area (Å²) >= 11 is 0. The molecule has 1 fully saturated rings. The van der Waals surface area contributed by atoms with Crippen molar-refractivity contribution in [2.45, 2.75) is 32.2 Å². The van der Waals surface area contributed by atoms with Crippen molar-refractivity contribution < 1.29 is 19.4 Å². The van der Waals surface area contributed by atoms with Crippen molar-refractivity contribution in [1.82, 2.24) is 5.32 Å². The minimum absolute atomic E-state index is 0.0721. The molecule has 5 heteroatoms. The Kier molecular flexibility index (Phi) is 4.83. The Bertz CT molecular complexity index is 529. The van der Waals surface area contributed by atoms with Gasteiger partial charge < -0.3 is 15.2 Å². The first-order valence-electron chi connectivity index (χ1n) is 7.19. The molecule has 2 N–H and O–H groups in total. The number of carbonyl (C=O) groups is 2. The van der Waals surface area contributed by atoms with Crippen molar-refractivity contribution in [2.75, 3.05) is 7.11 Å². The number of hydrogen-bond acceptors (Lipinski definition) is 3. The van der Waals surface area contributed by atoms with E-state index in [0.29, 0.717) is 19.3 Å². The Labute approximate surface area is 124 Å². The normalized spacial score (nSPS) is 22.6. The maximum atomic E-state index is 12.3. The van der Waals surface area contributed by atoms with Gasteiger partial charge in [0.25, 0.3) is 0 Å². The second kappa shape index (κ2) is 6.61. The molecule has 0 aromatic heterocycles. The molecule has 114 valence electrons. The SMILES string of the molecule is COc1ccccc1[C@@H](C)NC(=O)[C@@H]1CC[C@H](C(=O)O)C1. The number of hydrogen-bond donors (Lipinski definition) is 2. The van der Waals surface area contributed by atoms with Gasteiger partial charge in [0.05, 0.1) is 19.1 Å². The van der Waals surface area contributed by atoms with E-state index in [1.54, 1.807) is 7.11 Å². The number of carboxylic acid groups (broad SMARTS) is 1. The number of ether oxygens (including phenoxy) is 1. The summed E-state index contributed by atoms with van der Waals surface area (Å²) in [6.45, 7) is 1.90. The Balaban J connectivity index is 1.98. The molecule has 1 aliphatic rings. The lowest BCUT2D eigenvalue weighted by atomic mass is 10.0. The first-order valence-corrected chi connectivity index (χ1v) is 7.19. The number of methoxy groups -OCH3 is 1. The fourth-order valence-corrected chi connectivity index (χ4v) is 2.88. The van der Waals surface area contributed by atoms with Crippen LogP contribution in [0, 0.1) is 11.8 Å². The van der Waals surface area contributed by atoms with Gasteiger partial charge in [0.2, 0.25) is 5.91 Å². The van der Waals surface area contributed by atoms with E-state index in [0.717, 1.165) is 11.3 Å². The summed E-state index contributed by atoms with van der Waals surface area (Å²) in [6, 6.07) is 7.38. The molecule has 0 unspecified atom stereocenters. The molecular formula is C16H21NO4. The number of para-hydroxylation sites is 1. The predicted octanol–water partition coefficient (Wildman–Crippen LogP) is 2.37. The minimum Gasteiger partial charge on any atom is -0.496 e. The number of benzene rings is 1. The van der Waals surface area contributed by atoms with Gasteiger partial charge in [-0.1, -0.05) is 18.2 Å². The molecule has 1 aromatic carbocycles. The quantitative estimate of drug-likeness (QED) is 0.873. The molecule has 0 saturated heterocycles. The second-order valence-corrected chi connectivity index (χ2v) is 5.52. The van der Waals surface area contributed by atoms with Gasteiger partial charge >= 0.3 is 5.97 Å². The Morgan fingerprint density at radius 3 is 2.57 bits per heavy atom. The first kappa shape index (κ1) is 15.4. The highest BCUT2D eigenvalue weighted by atomic mass is 16.5. The standard InChI is InChI=1S/C16H21NO4/c1-10(13-5-3-4-6-14(13)21-2)17-15(18)11-7-8-12(9-11)16(19)20/h3-6,10-12H,7-9H2,1-2H3,(H,17,18)(H,19,20)/t10-,11-,12+/m1/s1. The summed E-state index contributed by atoms with van der Waals surface area (Å²) in [5.74, 6) is -0.731. The van der Waals surface area contributed by atoms with E-state index in [9.17, 15) is 9.59 Å². The maximum Gasteiger partial charge on any atom is 0.306 e. The van der Waals surface area contributed by atoms with E-state index in [1.807, 2.05) is 31.2 Å². The van der Waals surface area contributed by atoms with E-state index in [1.165, 1.54) is 0 Å². The first-order chi connectivity index (χ1) is 10.0. The lowest BCUT2D eigenvalue weighted by Gasteiger charge is -2.19. The van der Waals surface area contributed by atoms with Gasteiger partial charge in [-0.15, -0.1) is 0 Å². The van der Waals surface area contributed by atoms with Crippen LogP contribution in [0.25, 0.3) is 0 Å². The van der Waals surface area contributed by atoms with Gasteiger partial charge in [0.1, 0.15) is 5.75 Å². The summed E-state index contributed by atoms with van der Waals surface area (Å²) in [6.07, 6.45) is 1.65. The maximum absolute atomic E-state index is 12.3. The monoisotopic (exact) mass is 291 g/mol. The zero-order valence-corrected chi connectivity index (χ0v) is 12.3. The molecule has 0 heterocycles. The van der Waals surface area contributed by atoms with Gasteiger partial charge in [-0.25, -0.2) is 0 Å². The van der Waals surface area contributed by atoms with Gasteiger partial charge in [-0.3, -0.25) is 9.59 Å². The van der Waals surface area contributed by atoms with Crippen molar-refractivity contribution in [2.24, 2.45) is 11.8 Å².